The van der Waals surface area contributed by atoms with Crippen LogP contribution in [0.3, 0.4) is 0 Å². The molecular weight excluding hydrogens is 476 g/mol. The van der Waals surface area contributed by atoms with Gasteiger partial charge in [-0.3, -0.25) is 14.7 Å². The summed E-state index contributed by atoms with van der Waals surface area (Å²) in [6, 6.07) is 13.5. The minimum atomic E-state index is -0.459. The molecule has 0 aliphatic carbocycles. The molecule has 37 heavy (non-hydrogen) atoms. The number of carbonyl (C=O) groups is 2. The van der Waals surface area contributed by atoms with Crippen LogP contribution >= 0.6 is 0 Å². The van der Waals surface area contributed by atoms with E-state index in [2.05, 4.69) is 32.7 Å². The molecule has 1 saturated heterocycles. The molecule has 5 rings (SSSR count). The van der Waals surface area contributed by atoms with Crippen LogP contribution in [0.5, 0.6) is 11.5 Å². The van der Waals surface area contributed by atoms with Gasteiger partial charge in [0.05, 0.1) is 12.7 Å². The molecule has 4 N–H and O–H groups in total. The number of aromatic nitrogens is 2. The van der Waals surface area contributed by atoms with Gasteiger partial charge in [0, 0.05) is 24.8 Å². The van der Waals surface area contributed by atoms with Crippen molar-refractivity contribution in [2.75, 3.05) is 43.1 Å². The van der Waals surface area contributed by atoms with Gasteiger partial charge in [-0.2, -0.15) is 0 Å². The highest BCUT2D eigenvalue weighted by Gasteiger charge is 2.33. The van der Waals surface area contributed by atoms with E-state index in [0.29, 0.717) is 62.3 Å². The summed E-state index contributed by atoms with van der Waals surface area (Å²) in [6.45, 7) is 2.56. The van der Waals surface area contributed by atoms with Crippen molar-refractivity contribution in [3.8, 4) is 22.6 Å². The fourth-order valence-electron chi connectivity index (χ4n) is 4.15. The van der Waals surface area contributed by atoms with Crippen LogP contribution in [0.2, 0.25) is 0 Å². The van der Waals surface area contributed by atoms with E-state index >= 15 is 0 Å². The minimum absolute atomic E-state index is 0.0479. The molecular formula is C26H28N6O5. The van der Waals surface area contributed by atoms with Gasteiger partial charge in [0.15, 0.2) is 18.2 Å². The molecule has 0 spiro atoms. The van der Waals surface area contributed by atoms with Gasteiger partial charge in [0.25, 0.3) is 5.91 Å². The molecule has 4 heterocycles. The fourth-order valence-corrected chi connectivity index (χ4v) is 4.15. The average Bonchev–Trinajstić information content (AvgIpc) is 3.30. The standard InChI is InChI=1S/C26H28N6O5/c27-7-9-35-21-11-19(13-29-14-21)18-3-1-2-17(10-18)12-28-8-6-20-15-32(26(34)37-20)23-5-4-22-25(30-23)31-24(33)16-36-22/h1-5,10-11,13-14,20,28H,6-9,12,15-16,27H2,(H,30,31,33). The van der Waals surface area contributed by atoms with Crippen LogP contribution in [0.1, 0.15) is 12.0 Å². The van der Waals surface area contributed by atoms with Crippen LogP contribution in [0.4, 0.5) is 16.4 Å². The summed E-state index contributed by atoms with van der Waals surface area (Å²) in [5, 5.41) is 6.07. The summed E-state index contributed by atoms with van der Waals surface area (Å²) in [5.74, 6) is 1.60. The molecule has 2 aliphatic heterocycles. The number of nitrogens with zero attached hydrogens (tertiary/aromatic N) is 3. The lowest BCUT2D eigenvalue weighted by Gasteiger charge is -2.19. The minimum Gasteiger partial charge on any atom is -0.491 e. The number of ether oxygens (including phenoxy) is 3. The maximum atomic E-state index is 12.4. The first-order valence-corrected chi connectivity index (χ1v) is 12.1. The van der Waals surface area contributed by atoms with E-state index in [1.54, 1.807) is 24.5 Å². The van der Waals surface area contributed by atoms with E-state index in [4.69, 9.17) is 19.9 Å². The number of rotatable bonds is 10. The molecule has 1 atom stereocenters. The Morgan fingerprint density at radius 3 is 2.97 bits per heavy atom. The molecule has 11 nitrogen and oxygen atoms in total. The Balaban J connectivity index is 1.12. The number of carbonyl (C=O) groups excluding carboxylic acids is 2. The van der Waals surface area contributed by atoms with Crippen molar-refractivity contribution in [2.45, 2.75) is 19.1 Å². The predicted octanol–water partition coefficient (Wildman–Crippen LogP) is 2.32. The zero-order valence-electron chi connectivity index (χ0n) is 20.2. The number of benzene rings is 1. The summed E-state index contributed by atoms with van der Waals surface area (Å²) in [6.07, 6.45) is 3.41. The smallest absolute Gasteiger partial charge is 0.415 e. The Kier molecular flexibility index (Phi) is 7.43. The zero-order chi connectivity index (χ0) is 25.6. The number of fused-ring (bicyclic) bond motifs is 1. The highest BCUT2D eigenvalue weighted by molar-refractivity contribution is 5.95. The molecule has 0 saturated carbocycles. The summed E-state index contributed by atoms with van der Waals surface area (Å²) < 4.78 is 16.4. The molecule has 2 aliphatic rings. The SMILES string of the molecule is NCCOc1cncc(-c2cccc(CNCCC3CN(c4ccc5c(n4)NC(=O)CO5)C(=O)O3)c2)c1. The molecule has 11 heteroatoms. The van der Waals surface area contributed by atoms with Crippen molar-refractivity contribution in [1.29, 1.82) is 0 Å². The van der Waals surface area contributed by atoms with Gasteiger partial charge < -0.3 is 30.6 Å². The quantitative estimate of drug-likeness (QED) is 0.355. The first-order valence-electron chi connectivity index (χ1n) is 12.1. The number of nitrogens with one attached hydrogen (secondary N) is 2. The molecule has 2 aromatic heterocycles. The Morgan fingerprint density at radius 2 is 2.08 bits per heavy atom. The van der Waals surface area contributed by atoms with E-state index in [0.717, 1.165) is 16.7 Å². The van der Waals surface area contributed by atoms with E-state index in [1.807, 2.05) is 18.2 Å². The number of hydrogen-bond donors (Lipinski definition) is 3. The van der Waals surface area contributed by atoms with Gasteiger partial charge in [-0.1, -0.05) is 18.2 Å². The van der Waals surface area contributed by atoms with Gasteiger partial charge in [-0.05, 0) is 48.4 Å². The third kappa shape index (κ3) is 5.96. The zero-order valence-corrected chi connectivity index (χ0v) is 20.2. The number of pyridine rings is 2. The summed E-state index contributed by atoms with van der Waals surface area (Å²) in [4.78, 5) is 34.1. The number of anilines is 2. The van der Waals surface area contributed by atoms with E-state index in [-0.39, 0.29) is 18.6 Å². The van der Waals surface area contributed by atoms with Crippen LogP contribution in [-0.2, 0) is 16.1 Å². The number of nitrogens with two attached hydrogens (primary N) is 1. The predicted molar refractivity (Wildman–Crippen MR) is 137 cm³/mol. The number of hydrogen-bond acceptors (Lipinski definition) is 9. The van der Waals surface area contributed by atoms with Gasteiger partial charge in [-0.15, -0.1) is 0 Å². The molecule has 0 radical (unpaired) electrons. The highest BCUT2D eigenvalue weighted by atomic mass is 16.6. The van der Waals surface area contributed by atoms with Crippen molar-refractivity contribution in [3.05, 3.63) is 60.4 Å². The summed E-state index contributed by atoms with van der Waals surface area (Å²) in [7, 11) is 0. The van der Waals surface area contributed by atoms with Gasteiger partial charge in [0.2, 0.25) is 0 Å². The van der Waals surface area contributed by atoms with Crippen LogP contribution in [-0.4, -0.2) is 60.9 Å². The molecule has 0 bridgehead atoms. The maximum Gasteiger partial charge on any atom is 0.415 e. The highest BCUT2D eigenvalue weighted by Crippen LogP contribution is 2.30. The second-order valence-corrected chi connectivity index (χ2v) is 8.68. The molecule has 3 aromatic rings. The van der Waals surface area contributed by atoms with Crippen molar-refractivity contribution in [1.82, 2.24) is 15.3 Å². The molecule has 2 amide bonds. The van der Waals surface area contributed by atoms with Crippen LogP contribution < -0.4 is 30.7 Å². The third-order valence-electron chi connectivity index (χ3n) is 5.94. The normalized spacial score (nSPS) is 16.6. The van der Waals surface area contributed by atoms with E-state index in [9.17, 15) is 9.59 Å². The lowest BCUT2D eigenvalue weighted by Crippen LogP contribution is -2.29. The topological polar surface area (TPSA) is 141 Å². The van der Waals surface area contributed by atoms with E-state index in [1.165, 1.54) is 4.90 Å². The maximum absolute atomic E-state index is 12.4. The Bertz CT molecular complexity index is 1290. The number of amides is 2. The van der Waals surface area contributed by atoms with Gasteiger partial charge >= 0.3 is 6.09 Å². The van der Waals surface area contributed by atoms with Crippen molar-refractivity contribution in [2.24, 2.45) is 5.73 Å². The molecule has 192 valence electrons. The summed E-state index contributed by atoms with van der Waals surface area (Å²) in [5.41, 5.74) is 8.65. The lowest BCUT2D eigenvalue weighted by molar-refractivity contribution is -0.118. The number of cyclic esters (lactones) is 1. The van der Waals surface area contributed by atoms with Crippen molar-refractivity contribution < 1.29 is 23.8 Å². The fraction of sp³-hybridized carbons (Fsp3) is 0.308. The second kappa shape index (κ2) is 11.2. The third-order valence-corrected chi connectivity index (χ3v) is 5.94. The Hall–Kier alpha value is -4.22. The molecule has 1 unspecified atom stereocenters. The lowest BCUT2D eigenvalue weighted by atomic mass is 10.0. The average molecular weight is 505 g/mol. The summed E-state index contributed by atoms with van der Waals surface area (Å²) >= 11 is 0. The van der Waals surface area contributed by atoms with Crippen molar-refractivity contribution in [3.63, 3.8) is 0 Å². The molecule has 1 fully saturated rings. The monoisotopic (exact) mass is 504 g/mol. The van der Waals surface area contributed by atoms with Crippen LogP contribution in [0, 0.1) is 0 Å². The Labute approximate surface area is 213 Å². The van der Waals surface area contributed by atoms with Gasteiger partial charge in [-0.25, -0.2) is 9.78 Å². The first kappa shape index (κ1) is 24.5. The second-order valence-electron chi connectivity index (χ2n) is 8.68. The molecule has 1 aromatic carbocycles. The van der Waals surface area contributed by atoms with Crippen LogP contribution in [0.25, 0.3) is 11.1 Å². The van der Waals surface area contributed by atoms with Gasteiger partial charge in [0.1, 0.15) is 24.3 Å². The first-order chi connectivity index (χ1) is 18.1. The van der Waals surface area contributed by atoms with Crippen molar-refractivity contribution >= 4 is 23.6 Å². The van der Waals surface area contributed by atoms with E-state index < -0.39 is 6.09 Å². The largest absolute Gasteiger partial charge is 0.491 e. The van der Waals surface area contributed by atoms with Crippen LogP contribution in [0.15, 0.2) is 54.9 Å². The Morgan fingerprint density at radius 1 is 1.16 bits per heavy atom.